The molecule has 0 atom stereocenters. The van der Waals surface area contributed by atoms with Gasteiger partial charge >= 0.3 is 12.1 Å². The van der Waals surface area contributed by atoms with Gasteiger partial charge in [0, 0.05) is 31.6 Å². The second kappa shape index (κ2) is 10.7. The predicted molar refractivity (Wildman–Crippen MR) is 134 cm³/mol. The lowest BCUT2D eigenvalue weighted by Gasteiger charge is -2.15. The number of aryl methyl sites for hydroxylation is 1. The first-order valence-electron chi connectivity index (χ1n) is 11.5. The van der Waals surface area contributed by atoms with Crippen LogP contribution < -0.4 is 16.0 Å². The molecule has 1 aliphatic carbocycles. The van der Waals surface area contributed by atoms with E-state index in [1.54, 1.807) is 44.6 Å². The summed E-state index contributed by atoms with van der Waals surface area (Å²) in [6.45, 7) is 2.24. The van der Waals surface area contributed by atoms with Crippen LogP contribution in [0.25, 0.3) is 22.4 Å². The van der Waals surface area contributed by atoms with Crippen molar-refractivity contribution in [1.82, 2.24) is 15.3 Å². The van der Waals surface area contributed by atoms with Gasteiger partial charge in [-0.15, -0.1) is 0 Å². The van der Waals surface area contributed by atoms with Gasteiger partial charge in [-0.3, -0.25) is 10.3 Å². The molecule has 2 aromatic heterocycles. The van der Waals surface area contributed by atoms with Gasteiger partial charge in [0.2, 0.25) is 0 Å². The van der Waals surface area contributed by atoms with Gasteiger partial charge in [-0.05, 0) is 79.3 Å². The zero-order valence-corrected chi connectivity index (χ0v) is 20.4. The van der Waals surface area contributed by atoms with E-state index >= 15 is 0 Å². The maximum atomic E-state index is 14.7. The van der Waals surface area contributed by atoms with Crippen molar-refractivity contribution in [2.45, 2.75) is 31.8 Å². The van der Waals surface area contributed by atoms with Crippen LogP contribution in [0, 0.1) is 12.7 Å². The van der Waals surface area contributed by atoms with E-state index in [9.17, 15) is 14.0 Å². The van der Waals surface area contributed by atoms with E-state index in [-0.39, 0.29) is 11.3 Å². The largest absolute Gasteiger partial charge is 0.453 e. The van der Waals surface area contributed by atoms with Crippen molar-refractivity contribution in [1.29, 1.82) is 0 Å². The van der Waals surface area contributed by atoms with Crippen LogP contribution in [-0.2, 0) is 9.47 Å². The van der Waals surface area contributed by atoms with Crippen molar-refractivity contribution in [2.24, 2.45) is 0 Å². The Morgan fingerprint density at radius 3 is 2.50 bits per heavy atom. The van der Waals surface area contributed by atoms with Gasteiger partial charge < -0.3 is 20.1 Å². The molecule has 188 valence electrons. The molecule has 9 nitrogen and oxygen atoms in total. The minimum absolute atomic E-state index is 0.0767. The second-order valence-electron chi connectivity index (χ2n) is 8.64. The average molecular weight is 494 g/mol. The Morgan fingerprint density at radius 2 is 1.78 bits per heavy atom. The van der Waals surface area contributed by atoms with E-state index in [1.807, 2.05) is 12.1 Å². The zero-order chi connectivity index (χ0) is 25.7. The lowest BCUT2D eigenvalue weighted by Crippen LogP contribution is -2.32. The summed E-state index contributed by atoms with van der Waals surface area (Å²) in [5.74, 6) is -0.205. The highest BCUT2D eigenvalue weighted by molar-refractivity contribution is 5.91. The summed E-state index contributed by atoms with van der Waals surface area (Å²) in [5.41, 5.74) is 3.54. The van der Waals surface area contributed by atoms with Crippen LogP contribution in [0.1, 0.15) is 24.8 Å². The van der Waals surface area contributed by atoms with Gasteiger partial charge in [0.1, 0.15) is 11.6 Å². The molecule has 3 N–H and O–H groups in total. The SMILES string of the molecule is COC(=O)Nc1cc(-c2cc(-c3cc(NC(=O)NCCC4(OC)CC4)c(F)cc3C)ccn2)ccn1. The molecule has 1 fully saturated rings. The van der Waals surface area contributed by atoms with Crippen LogP contribution in [0.15, 0.2) is 48.8 Å². The van der Waals surface area contributed by atoms with E-state index in [0.29, 0.717) is 30.0 Å². The highest BCUT2D eigenvalue weighted by Crippen LogP contribution is 2.41. The van der Waals surface area contributed by atoms with Crippen molar-refractivity contribution in [2.75, 3.05) is 31.4 Å². The smallest absolute Gasteiger partial charge is 0.412 e. The summed E-state index contributed by atoms with van der Waals surface area (Å²) in [5, 5.41) is 7.90. The first-order chi connectivity index (χ1) is 17.3. The molecule has 0 spiro atoms. The molecular formula is C26H28FN5O4. The Bertz CT molecular complexity index is 1280. The molecule has 1 saturated carbocycles. The third kappa shape index (κ3) is 5.95. The Kier molecular flexibility index (Phi) is 7.44. The normalized spacial score (nSPS) is 13.6. The van der Waals surface area contributed by atoms with E-state index in [1.165, 1.54) is 13.2 Å². The van der Waals surface area contributed by atoms with Gasteiger partial charge in [-0.25, -0.2) is 19.0 Å². The zero-order valence-electron chi connectivity index (χ0n) is 20.4. The van der Waals surface area contributed by atoms with Crippen molar-refractivity contribution in [3.8, 4) is 22.4 Å². The van der Waals surface area contributed by atoms with Crippen LogP contribution in [0.4, 0.5) is 25.5 Å². The molecule has 36 heavy (non-hydrogen) atoms. The van der Waals surface area contributed by atoms with Crippen LogP contribution in [0.2, 0.25) is 0 Å². The number of ether oxygens (including phenoxy) is 2. The third-order valence-corrected chi connectivity index (χ3v) is 6.21. The van der Waals surface area contributed by atoms with E-state index in [2.05, 4.69) is 30.7 Å². The van der Waals surface area contributed by atoms with E-state index in [0.717, 1.165) is 29.5 Å². The summed E-state index contributed by atoms with van der Waals surface area (Å²) < 4.78 is 24.7. The summed E-state index contributed by atoms with van der Waals surface area (Å²) in [6, 6.07) is 9.61. The highest BCUT2D eigenvalue weighted by Gasteiger charge is 2.42. The molecule has 0 bridgehead atoms. The van der Waals surface area contributed by atoms with Crippen molar-refractivity contribution in [3.63, 3.8) is 0 Å². The Morgan fingerprint density at radius 1 is 1.03 bits per heavy atom. The van der Waals surface area contributed by atoms with Crippen LogP contribution in [0.5, 0.6) is 0 Å². The summed E-state index contributed by atoms with van der Waals surface area (Å²) >= 11 is 0. The number of benzene rings is 1. The van der Waals surface area contributed by atoms with Crippen molar-refractivity contribution >= 4 is 23.6 Å². The number of methoxy groups -OCH3 is 2. The fourth-order valence-corrected chi connectivity index (χ4v) is 3.92. The summed E-state index contributed by atoms with van der Waals surface area (Å²) in [4.78, 5) is 32.4. The number of nitrogens with one attached hydrogen (secondary N) is 3. The van der Waals surface area contributed by atoms with Crippen LogP contribution >= 0.6 is 0 Å². The first-order valence-corrected chi connectivity index (χ1v) is 11.5. The van der Waals surface area contributed by atoms with Crippen molar-refractivity contribution < 1.29 is 23.5 Å². The number of nitrogens with zero attached hydrogens (tertiary/aromatic N) is 2. The maximum absolute atomic E-state index is 14.7. The highest BCUT2D eigenvalue weighted by atomic mass is 19.1. The molecule has 4 rings (SSSR count). The quantitative estimate of drug-likeness (QED) is 0.401. The lowest BCUT2D eigenvalue weighted by atomic mass is 9.98. The predicted octanol–water partition coefficient (Wildman–Crippen LogP) is 5.13. The molecule has 3 amide bonds. The molecule has 0 aliphatic heterocycles. The fourth-order valence-electron chi connectivity index (χ4n) is 3.92. The third-order valence-electron chi connectivity index (χ3n) is 6.21. The van der Waals surface area contributed by atoms with Crippen LogP contribution in [0.3, 0.4) is 0 Å². The average Bonchev–Trinajstić information content (AvgIpc) is 3.66. The molecule has 0 unspecified atom stereocenters. The van der Waals surface area contributed by atoms with Gasteiger partial charge in [0.25, 0.3) is 0 Å². The minimum Gasteiger partial charge on any atom is -0.453 e. The Balaban J connectivity index is 1.52. The number of hydrogen-bond donors (Lipinski definition) is 3. The number of pyridine rings is 2. The van der Waals surface area contributed by atoms with E-state index in [4.69, 9.17) is 4.74 Å². The Hall–Kier alpha value is -4.05. The van der Waals surface area contributed by atoms with Crippen molar-refractivity contribution in [3.05, 3.63) is 60.2 Å². The first kappa shape index (κ1) is 25.1. The minimum atomic E-state index is -0.627. The Labute approximate surface area is 208 Å². The maximum Gasteiger partial charge on any atom is 0.412 e. The van der Waals surface area contributed by atoms with E-state index < -0.39 is 17.9 Å². The molecule has 0 saturated heterocycles. The molecule has 0 radical (unpaired) electrons. The molecule has 3 aromatic rings. The summed E-state index contributed by atoms with van der Waals surface area (Å²) in [6.07, 6.45) is 5.25. The number of carbonyl (C=O) groups excluding carboxylic acids is 2. The number of anilines is 2. The summed E-state index contributed by atoms with van der Waals surface area (Å²) in [7, 11) is 2.94. The van der Waals surface area contributed by atoms with Gasteiger partial charge in [0.05, 0.1) is 24.1 Å². The number of rotatable bonds is 8. The lowest BCUT2D eigenvalue weighted by molar-refractivity contribution is 0.0736. The molecule has 2 heterocycles. The standard InChI is InChI=1S/C26H28FN5O4/c1-16-12-20(27)22(31-24(33)30-11-8-26(36-3)6-7-26)15-19(16)17-4-9-28-21(13-17)18-5-10-29-23(14-18)32-25(34)35-2/h4-5,9-10,12-15H,6-8,11H2,1-3H3,(H,29,32,34)(H2,30,31,33). The van der Waals surface area contributed by atoms with Gasteiger partial charge in [-0.2, -0.15) is 0 Å². The second-order valence-corrected chi connectivity index (χ2v) is 8.64. The topological polar surface area (TPSA) is 114 Å². The number of halogens is 1. The molecule has 1 aromatic carbocycles. The number of amides is 3. The number of urea groups is 1. The van der Waals surface area contributed by atoms with Gasteiger partial charge in [0.15, 0.2) is 0 Å². The van der Waals surface area contributed by atoms with Gasteiger partial charge in [-0.1, -0.05) is 0 Å². The molecular weight excluding hydrogens is 465 g/mol. The van der Waals surface area contributed by atoms with Crippen LogP contribution in [-0.4, -0.2) is 48.5 Å². The molecule has 10 heteroatoms. The number of hydrogen-bond acceptors (Lipinski definition) is 6. The fraction of sp³-hybridized carbons (Fsp3) is 0.308. The molecule has 1 aliphatic rings. The monoisotopic (exact) mass is 493 g/mol. The number of aromatic nitrogens is 2. The number of carbonyl (C=O) groups is 2.